The molecule has 1 rings (SSSR count). The standard InChI is InChI=1S/C8H11NO2/c1-8(5-9)4-6(8)3-7(10)11-2/h6H,3-4H2,1-2H3/t6-,8-/m0/s1. The molecule has 0 aromatic carbocycles. The van der Waals surface area contributed by atoms with E-state index in [4.69, 9.17) is 5.26 Å². The SMILES string of the molecule is COC(=O)C[C@H]1C[C@@]1(C)C#N. The lowest BCUT2D eigenvalue weighted by molar-refractivity contribution is -0.141. The van der Waals surface area contributed by atoms with Gasteiger partial charge in [0.05, 0.1) is 18.6 Å². The zero-order chi connectivity index (χ0) is 8.48. The maximum Gasteiger partial charge on any atom is 0.305 e. The number of nitrogens with zero attached hydrogens (tertiary/aromatic N) is 1. The second-order valence-electron chi connectivity index (χ2n) is 3.21. The number of nitriles is 1. The van der Waals surface area contributed by atoms with Crippen molar-refractivity contribution in [2.24, 2.45) is 11.3 Å². The Balaban J connectivity index is 2.35. The Morgan fingerprint density at radius 3 is 2.91 bits per heavy atom. The highest BCUT2D eigenvalue weighted by Gasteiger charge is 2.51. The second kappa shape index (κ2) is 2.54. The van der Waals surface area contributed by atoms with Crippen LogP contribution in [0.2, 0.25) is 0 Å². The third-order valence-electron chi connectivity index (χ3n) is 2.31. The van der Waals surface area contributed by atoms with Crippen LogP contribution in [0, 0.1) is 22.7 Å². The van der Waals surface area contributed by atoms with Crippen molar-refractivity contribution in [3.8, 4) is 6.07 Å². The molecule has 0 bridgehead atoms. The first-order chi connectivity index (χ1) is 5.12. The van der Waals surface area contributed by atoms with Crippen molar-refractivity contribution in [2.45, 2.75) is 19.8 Å². The Morgan fingerprint density at radius 2 is 2.55 bits per heavy atom. The zero-order valence-electron chi connectivity index (χ0n) is 6.76. The molecule has 11 heavy (non-hydrogen) atoms. The molecule has 0 amide bonds. The minimum Gasteiger partial charge on any atom is -0.469 e. The first-order valence-corrected chi connectivity index (χ1v) is 3.60. The van der Waals surface area contributed by atoms with Gasteiger partial charge in [-0.1, -0.05) is 0 Å². The lowest BCUT2D eigenvalue weighted by atomic mass is 10.1. The molecule has 0 aliphatic heterocycles. The van der Waals surface area contributed by atoms with Crippen LogP contribution in [0.3, 0.4) is 0 Å². The maximum absolute atomic E-state index is 10.7. The Morgan fingerprint density at radius 1 is 1.91 bits per heavy atom. The van der Waals surface area contributed by atoms with E-state index in [2.05, 4.69) is 10.8 Å². The van der Waals surface area contributed by atoms with Crippen molar-refractivity contribution in [3.05, 3.63) is 0 Å². The highest BCUT2D eigenvalue weighted by molar-refractivity contribution is 5.70. The summed E-state index contributed by atoms with van der Waals surface area (Å²) in [5, 5.41) is 8.62. The highest BCUT2D eigenvalue weighted by atomic mass is 16.5. The van der Waals surface area contributed by atoms with Crippen molar-refractivity contribution in [1.82, 2.24) is 0 Å². The van der Waals surface area contributed by atoms with Crippen molar-refractivity contribution in [1.29, 1.82) is 5.26 Å². The fraction of sp³-hybridized carbons (Fsp3) is 0.750. The molecule has 3 nitrogen and oxygen atoms in total. The fourth-order valence-electron chi connectivity index (χ4n) is 1.17. The molecule has 1 saturated carbocycles. The van der Waals surface area contributed by atoms with Crippen LogP contribution in [0.5, 0.6) is 0 Å². The lowest BCUT2D eigenvalue weighted by Gasteiger charge is -1.98. The lowest BCUT2D eigenvalue weighted by Crippen LogP contribution is -2.04. The smallest absolute Gasteiger partial charge is 0.305 e. The van der Waals surface area contributed by atoms with Crippen molar-refractivity contribution >= 4 is 5.97 Å². The van der Waals surface area contributed by atoms with Crippen LogP contribution < -0.4 is 0 Å². The van der Waals surface area contributed by atoms with Gasteiger partial charge in [-0.3, -0.25) is 4.79 Å². The number of carbonyl (C=O) groups is 1. The van der Waals surface area contributed by atoms with Gasteiger partial charge in [0.2, 0.25) is 0 Å². The number of hydrogen-bond acceptors (Lipinski definition) is 3. The van der Waals surface area contributed by atoms with Crippen molar-refractivity contribution in [3.63, 3.8) is 0 Å². The van der Waals surface area contributed by atoms with Crippen LogP contribution in [0.15, 0.2) is 0 Å². The molecule has 0 aromatic rings. The third kappa shape index (κ3) is 1.51. The summed E-state index contributed by atoms with van der Waals surface area (Å²) in [7, 11) is 1.37. The van der Waals surface area contributed by atoms with Gasteiger partial charge < -0.3 is 4.74 Å². The average molecular weight is 153 g/mol. The van der Waals surface area contributed by atoms with Gasteiger partial charge in [0.25, 0.3) is 0 Å². The summed E-state index contributed by atoms with van der Waals surface area (Å²) in [6, 6.07) is 2.19. The molecule has 0 heterocycles. The molecule has 0 radical (unpaired) electrons. The summed E-state index contributed by atoms with van der Waals surface area (Å²) in [5.74, 6) is 0.00826. The molecule has 0 unspecified atom stereocenters. The van der Waals surface area contributed by atoms with Crippen LogP contribution in [0.25, 0.3) is 0 Å². The van der Waals surface area contributed by atoms with Gasteiger partial charge in [0, 0.05) is 6.42 Å². The molecular formula is C8H11NO2. The van der Waals surface area contributed by atoms with Crippen molar-refractivity contribution in [2.75, 3.05) is 7.11 Å². The molecule has 0 saturated heterocycles. The summed E-state index contributed by atoms with van der Waals surface area (Å²) < 4.78 is 4.49. The third-order valence-corrected chi connectivity index (χ3v) is 2.31. The minimum atomic E-state index is -0.256. The Hall–Kier alpha value is -1.04. The summed E-state index contributed by atoms with van der Waals surface area (Å²) >= 11 is 0. The van der Waals surface area contributed by atoms with Gasteiger partial charge in [-0.25, -0.2) is 0 Å². The van der Waals surface area contributed by atoms with Crippen LogP contribution in [-0.4, -0.2) is 13.1 Å². The summed E-state index contributed by atoms with van der Waals surface area (Å²) in [6.45, 7) is 1.88. The number of ether oxygens (including phenoxy) is 1. The molecule has 0 aromatic heterocycles. The molecular weight excluding hydrogens is 142 g/mol. The van der Waals surface area contributed by atoms with Crippen LogP contribution in [0.4, 0.5) is 0 Å². The van der Waals surface area contributed by atoms with E-state index in [1.165, 1.54) is 7.11 Å². The number of carbonyl (C=O) groups excluding carboxylic acids is 1. The van der Waals surface area contributed by atoms with Gasteiger partial charge in [-0.2, -0.15) is 5.26 Å². The first kappa shape index (κ1) is 8.06. The Bertz CT molecular complexity index is 219. The van der Waals surface area contributed by atoms with Crippen LogP contribution in [0.1, 0.15) is 19.8 Å². The minimum absolute atomic E-state index is 0.214. The maximum atomic E-state index is 10.7. The van der Waals surface area contributed by atoms with Gasteiger partial charge in [-0.15, -0.1) is 0 Å². The molecule has 60 valence electrons. The van der Waals surface area contributed by atoms with Crippen LogP contribution in [-0.2, 0) is 9.53 Å². The molecule has 3 heteroatoms. The van der Waals surface area contributed by atoms with E-state index in [-0.39, 0.29) is 17.3 Å². The van der Waals surface area contributed by atoms with E-state index in [1.807, 2.05) is 6.92 Å². The predicted molar refractivity (Wildman–Crippen MR) is 38.5 cm³/mol. The quantitative estimate of drug-likeness (QED) is 0.558. The number of rotatable bonds is 2. The van der Waals surface area contributed by atoms with Crippen LogP contribution >= 0.6 is 0 Å². The van der Waals surface area contributed by atoms with Crippen molar-refractivity contribution < 1.29 is 9.53 Å². The molecule has 1 fully saturated rings. The predicted octanol–water partition coefficient (Wildman–Crippen LogP) is 1.10. The Labute approximate surface area is 66.0 Å². The summed E-state index contributed by atoms with van der Waals surface area (Å²) in [6.07, 6.45) is 1.22. The fourth-order valence-corrected chi connectivity index (χ4v) is 1.17. The first-order valence-electron chi connectivity index (χ1n) is 3.60. The van der Waals surface area contributed by atoms with E-state index in [0.717, 1.165) is 6.42 Å². The normalized spacial score (nSPS) is 34.1. The van der Waals surface area contributed by atoms with E-state index in [9.17, 15) is 4.79 Å². The van der Waals surface area contributed by atoms with E-state index in [1.54, 1.807) is 0 Å². The number of hydrogen-bond donors (Lipinski definition) is 0. The van der Waals surface area contributed by atoms with Gasteiger partial charge in [-0.05, 0) is 19.3 Å². The molecule has 1 aliphatic carbocycles. The van der Waals surface area contributed by atoms with Gasteiger partial charge in [0.1, 0.15) is 0 Å². The largest absolute Gasteiger partial charge is 0.469 e. The van der Waals surface area contributed by atoms with E-state index < -0.39 is 0 Å². The second-order valence-corrected chi connectivity index (χ2v) is 3.21. The van der Waals surface area contributed by atoms with Gasteiger partial charge in [0.15, 0.2) is 0 Å². The van der Waals surface area contributed by atoms with E-state index >= 15 is 0 Å². The molecule has 1 aliphatic rings. The topological polar surface area (TPSA) is 50.1 Å². The average Bonchev–Trinajstić information content (AvgIpc) is 2.63. The Kier molecular flexibility index (Phi) is 1.86. The highest BCUT2D eigenvalue weighted by Crippen LogP contribution is 2.53. The van der Waals surface area contributed by atoms with Gasteiger partial charge >= 0.3 is 5.97 Å². The zero-order valence-corrected chi connectivity index (χ0v) is 6.76. The summed E-state index contributed by atoms with van der Waals surface area (Å²) in [5.41, 5.74) is -0.256. The number of methoxy groups -OCH3 is 1. The summed E-state index contributed by atoms with van der Waals surface area (Å²) in [4.78, 5) is 10.7. The molecule has 2 atom stereocenters. The molecule has 0 spiro atoms. The molecule has 0 N–H and O–H groups in total. The van der Waals surface area contributed by atoms with E-state index in [0.29, 0.717) is 6.42 Å². The number of esters is 1. The monoisotopic (exact) mass is 153 g/mol.